The van der Waals surface area contributed by atoms with Gasteiger partial charge in [0.1, 0.15) is 0 Å². The fourth-order valence-corrected chi connectivity index (χ4v) is 5.63. The lowest BCUT2D eigenvalue weighted by Crippen LogP contribution is -2.51. The van der Waals surface area contributed by atoms with Crippen molar-refractivity contribution in [1.82, 2.24) is 10.0 Å². The predicted octanol–water partition coefficient (Wildman–Crippen LogP) is 2.27. The van der Waals surface area contributed by atoms with Gasteiger partial charge in [0.25, 0.3) is 0 Å². The van der Waals surface area contributed by atoms with Gasteiger partial charge in [0.05, 0.1) is 29.8 Å². The van der Waals surface area contributed by atoms with E-state index in [2.05, 4.69) is 10.0 Å². The Morgan fingerprint density at radius 2 is 1.80 bits per heavy atom. The monoisotopic (exact) mass is 438 g/mol. The molecule has 30 heavy (non-hydrogen) atoms. The number of ether oxygens (including phenoxy) is 1. The second-order valence-electron chi connectivity index (χ2n) is 8.51. The minimum Gasteiger partial charge on any atom is -0.394 e. The highest BCUT2D eigenvalue weighted by Gasteiger charge is 2.34. The molecule has 3 N–H and O–H groups in total. The SMILES string of the molecule is Cc1ccc(S(=O)(=O)N[C@@H]2CC[C@H](CCNC(=O)C3CCCCC3)O[C@H]2CO)cc1. The molecule has 1 saturated carbocycles. The molecule has 0 bridgehead atoms. The van der Waals surface area contributed by atoms with Crippen LogP contribution in [-0.4, -0.2) is 50.8 Å². The number of aliphatic hydroxyl groups excluding tert-OH is 1. The van der Waals surface area contributed by atoms with Gasteiger partial charge in [0.2, 0.25) is 15.9 Å². The third kappa shape index (κ3) is 6.26. The van der Waals surface area contributed by atoms with Crippen LogP contribution in [0.3, 0.4) is 0 Å². The largest absolute Gasteiger partial charge is 0.394 e. The average molecular weight is 439 g/mol. The third-order valence-electron chi connectivity index (χ3n) is 6.17. The first-order valence-electron chi connectivity index (χ1n) is 11.0. The number of rotatable bonds is 8. The van der Waals surface area contributed by atoms with E-state index < -0.39 is 22.2 Å². The molecular formula is C22H34N2O5S. The molecule has 168 valence electrons. The second-order valence-corrected chi connectivity index (χ2v) is 10.2. The molecule has 3 rings (SSSR count). The van der Waals surface area contributed by atoms with Crippen molar-refractivity contribution >= 4 is 15.9 Å². The summed E-state index contributed by atoms with van der Waals surface area (Å²) in [5.74, 6) is 0.268. The smallest absolute Gasteiger partial charge is 0.240 e. The number of carbonyl (C=O) groups is 1. The Labute approximate surface area is 179 Å². The van der Waals surface area contributed by atoms with Crippen LogP contribution in [0.25, 0.3) is 0 Å². The number of aliphatic hydroxyl groups is 1. The first-order chi connectivity index (χ1) is 14.4. The molecule has 0 unspecified atom stereocenters. The van der Waals surface area contributed by atoms with Gasteiger partial charge in [0, 0.05) is 12.5 Å². The van der Waals surface area contributed by atoms with Crippen LogP contribution in [-0.2, 0) is 19.6 Å². The van der Waals surface area contributed by atoms with Gasteiger partial charge in [-0.15, -0.1) is 0 Å². The summed E-state index contributed by atoms with van der Waals surface area (Å²) in [5, 5.41) is 12.8. The summed E-state index contributed by atoms with van der Waals surface area (Å²) in [6.07, 6.45) is 6.64. The van der Waals surface area contributed by atoms with E-state index in [1.165, 1.54) is 6.42 Å². The number of sulfonamides is 1. The topological polar surface area (TPSA) is 105 Å². The predicted molar refractivity (Wildman–Crippen MR) is 114 cm³/mol. The Balaban J connectivity index is 1.47. The highest BCUT2D eigenvalue weighted by Crippen LogP contribution is 2.25. The molecule has 1 aromatic rings. The normalized spacial score (nSPS) is 25.7. The number of benzene rings is 1. The lowest BCUT2D eigenvalue weighted by atomic mass is 9.88. The minimum atomic E-state index is -3.68. The van der Waals surface area contributed by atoms with E-state index in [-0.39, 0.29) is 29.4 Å². The van der Waals surface area contributed by atoms with E-state index in [9.17, 15) is 18.3 Å². The molecule has 7 nitrogen and oxygen atoms in total. The summed E-state index contributed by atoms with van der Waals surface area (Å²) in [6, 6.07) is 6.19. The summed E-state index contributed by atoms with van der Waals surface area (Å²) in [5.41, 5.74) is 0.988. The van der Waals surface area contributed by atoms with Crippen LogP contribution in [0.4, 0.5) is 0 Å². The van der Waals surface area contributed by atoms with Crippen molar-refractivity contribution in [2.45, 2.75) is 81.4 Å². The molecule has 0 radical (unpaired) electrons. The summed E-state index contributed by atoms with van der Waals surface area (Å²) in [7, 11) is -3.68. The van der Waals surface area contributed by atoms with Crippen LogP contribution in [0, 0.1) is 12.8 Å². The van der Waals surface area contributed by atoms with E-state index >= 15 is 0 Å². The van der Waals surface area contributed by atoms with Gasteiger partial charge >= 0.3 is 0 Å². The Morgan fingerprint density at radius 3 is 2.47 bits per heavy atom. The Bertz CT molecular complexity index is 790. The molecule has 0 spiro atoms. The highest BCUT2D eigenvalue weighted by atomic mass is 32.2. The van der Waals surface area contributed by atoms with Crippen molar-refractivity contribution in [2.75, 3.05) is 13.2 Å². The standard InChI is InChI=1S/C22H34N2O5S/c1-16-7-10-19(11-8-16)30(27,28)24-20-12-9-18(29-21(20)15-25)13-14-23-22(26)17-5-3-2-4-6-17/h7-8,10-11,17-18,20-21,24-25H,2-6,9,12-15H2,1H3,(H,23,26)/t18-,20-,21+/m1/s1. The molecule has 1 aliphatic heterocycles. The van der Waals surface area contributed by atoms with Crippen molar-refractivity contribution in [3.63, 3.8) is 0 Å². The van der Waals surface area contributed by atoms with E-state index in [0.717, 1.165) is 31.2 Å². The molecule has 8 heteroatoms. The highest BCUT2D eigenvalue weighted by molar-refractivity contribution is 7.89. The van der Waals surface area contributed by atoms with Crippen molar-refractivity contribution in [2.24, 2.45) is 5.92 Å². The van der Waals surface area contributed by atoms with Gasteiger partial charge in [-0.1, -0.05) is 37.0 Å². The minimum absolute atomic E-state index is 0.103. The molecule has 1 amide bonds. The van der Waals surface area contributed by atoms with Gasteiger partial charge < -0.3 is 15.2 Å². The number of hydrogen-bond acceptors (Lipinski definition) is 5. The van der Waals surface area contributed by atoms with E-state index in [4.69, 9.17) is 4.74 Å². The molecule has 0 aromatic heterocycles. The Morgan fingerprint density at radius 1 is 1.10 bits per heavy atom. The number of hydrogen-bond donors (Lipinski definition) is 3. The molecule has 1 heterocycles. The summed E-state index contributed by atoms with van der Waals surface area (Å²) in [6.45, 7) is 2.18. The van der Waals surface area contributed by atoms with Crippen LogP contribution < -0.4 is 10.0 Å². The molecule has 1 aliphatic carbocycles. The number of aryl methyl sites for hydroxylation is 1. The Kier molecular flexibility index (Phi) is 8.27. The molecule has 2 fully saturated rings. The maximum Gasteiger partial charge on any atom is 0.240 e. The third-order valence-corrected chi connectivity index (χ3v) is 7.68. The lowest BCUT2D eigenvalue weighted by Gasteiger charge is -2.36. The molecule has 2 aliphatic rings. The zero-order valence-electron chi connectivity index (χ0n) is 17.7. The molecule has 1 saturated heterocycles. The summed E-state index contributed by atoms with van der Waals surface area (Å²) < 4.78 is 33.9. The van der Waals surface area contributed by atoms with Crippen LogP contribution in [0.5, 0.6) is 0 Å². The second kappa shape index (κ2) is 10.7. The summed E-state index contributed by atoms with van der Waals surface area (Å²) >= 11 is 0. The molecular weight excluding hydrogens is 404 g/mol. The first kappa shape index (κ1) is 23.2. The quantitative estimate of drug-likeness (QED) is 0.578. The van der Waals surface area contributed by atoms with Crippen molar-refractivity contribution in [1.29, 1.82) is 0 Å². The average Bonchev–Trinajstić information content (AvgIpc) is 2.75. The van der Waals surface area contributed by atoms with E-state index in [1.807, 2.05) is 6.92 Å². The zero-order chi connectivity index (χ0) is 21.6. The number of amides is 1. The van der Waals surface area contributed by atoms with Crippen molar-refractivity contribution < 1.29 is 23.1 Å². The summed E-state index contributed by atoms with van der Waals surface area (Å²) in [4.78, 5) is 12.5. The zero-order valence-corrected chi connectivity index (χ0v) is 18.5. The van der Waals surface area contributed by atoms with E-state index in [1.54, 1.807) is 24.3 Å². The fourth-order valence-electron chi connectivity index (χ4n) is 4.33. The van der Waals surface area contributed by atoms with Crippen molar-refractivity contribution in [3.8, 4) is 0 Å². The first-order valence-corrected chi connectivity index (χ1v) is 12.5. The van der Waals surface area contributed by atoms with E-state index in [0.29, 0.717) is 25.8 Å². The lowest BCUT2D eigenvalue weighted by molar-refractivity contribution is -0.126. The van der Waals surface area contributed by atoms with Crippen molar-refractivity contribution in [3.05, 3.63) is 29.8 Å². The van der Waals surface area contributed by atoms with Crippen LogP contribution in [0.15, 0.2) is 29.2 Å². The van der Waals surface area contributed by atoms with Gasteiger partial charge in [-0.2, -0.15) is 0 Å². The number of nitrogens with one attached hydrogen (secondary N) is 2. The van der Waals surface area contributed by atoms with Gasteiger partial charge in [-0.3, -0.25) is 4.79 Å². The molecule has 1 aromatic carbocycles. The number of carbonyl (C=O) groups excluding carboxylic acids is 1. The maximum atomic E-state index is 12.7. The van der Waals surface area contributed by atoms with Gasteiger partial charge in [-0.05, 0) is 51.2 Å². The Hall–Kier alpha value is -1.48. The van der Waals surface area contributed by atoms with Crippen LogP contribution in [0.2, 0.25) is 0 Å². The van der Waals surface area contributed by atoms with Gasteiger partial charge in [-0.25, -0.2) is 13.1 Å². The van der Waals surface area contributed by atoms with Crippen LogP contribution in [0.1, 0.15) is 56.9 Å². The van der Waals surface area contributed by atoms with Gasteiger partial charge in [0.15, 0.2) is 0 Å². The maximum absolute atomic E-state index is 12.7. The van der Waals surface area contributed by atoms with Crippen LogP contribution >= 0.6 is 0 Å². The fraction of sp³-hybridized carbons (Fsp3) is 0.682. The molecule has 3 atom stereocenters.